The fraction of sp³-hybridized carbons (Fsp3) is 0.375. The zero-order chi connectivity index (χ0) is 18.4. The lowest BCUT2D eigenvalue weighted by Gasteiger charge is -2.22. The minimum atomic E-state index is -3.43. The van der Waals surface area contributed by atoms with Crippen molar-refractivity contribution in [3.63, 3.8) is 0 Å². The highest BCUT2D eigenvalue weighted by Crippen LogP contribution is 2.17. The molecule has 0 aliphatic heterocycles. The molecule has 0 aliphatic carbocycles. The Morgan fingerprint density at radius 2 is 1.96 bits per heavy atom. The monoisotopic (exact) mass is 365 g/mol. The lowest BCUT2D eigenvalue weighted by atomic mass is 10.2. The fourth-order valence-electron chi connectivity index (χ4n) is 2.43. The molecule has 1 amide bonds. The van der Waals surface area contributed by atoms with Crippen molar-refractivity contribution in [1.29, 1.82) is 0 Å². The van der Waals surface area contributed by atoms with Crippen LogP contribution in [-0.2, 0) is 16.4 Å². The van der Waals surface area contributed by atoms with E-state index in [1.807, 2.05) is 6.92 Å². The van der Waals surface area contributed by atoms with Crippen LogP contribution < -0.4 is 15.4 Å². The predicted octanol–water partition coefficient (Wildman–Crippen LogP) is 0.415. The lowest BCUT2D eigenvalue weighted by molar-refractivity contribution is 0.100. The third kappa shape index (κ3) is 5.30. The van der Waals surface area contributed by atoms with Gasteiger partial charge in [-0.1, -0.05) is 0 Å². The number of amides is 1. The van der Waals surface area contributed by atoms with Gasteiger partial charge in [-0.2, -0.15) is 0 Å². The van der Waals surface area contributed by atoms with Gasteiger partial charge in [0.25, 0.3) is 0 Å². The van der Waals surface area contributed by atoms with Gasteiger partial charge in [0.05, 0.1) is 24.0 Å². The first-order chi connectivity index (χ1) is 11.8. The Bertz CT molecular complexity index is 815. The van der Waals surface area contributed by atoms with Crippen LogP contribution in [0.5, 0.6) is 0 Å². The first-order valence-electron chi connectivity index (χ1n) is 7.86. The first kappa shape index (κ1) is 18.9. The van der Waals surface area contributed by atoms with E-state index in [1.54, 1.807) is 18.5 Å². The molecule has 0 bridgehead atoms. The summed E-state index contributed by atoms with van der Waals surface area (Å²) < 4.78 is 25.4. The zero-order valence-corrected chi connectivity index (χ0v) is 15.1. The number of carbonyl (C=O) groups is 1. The number of rotatable bonds is 9. The summed E-state index contributed by atoms with van der Waals surface area (Å²) in [6.45, 7) is 3.44. The molecule has 1 heterocycles. The quantitative estimate of drug-likeness (QED) is 0.556. The van der Waals surface area contributed by atoms with Gasteiger partial charge in [0.15, 0.2) is 0 Å². The van der Waals surface area contributed by atoms with E-state index in [-0.39, 0.29) is 6.54 Å². The molecule has 0 saturated carbocycles. The summed E-state index contributed by atoms with van der Waals surface area (Å²) in [5.41, 5.74) is 8.07. The minimum Gasteiger partial charge on any atom is -0.366 e. The molecule has 0 spiro atoms. The Labute approximate surface area is 147 Å². The van der Waals surface area contributed by atoms with E-state index >= 15 is 0 Å². The Morgan fingerprint density at radius 3 is 2.48 bits per heavy atom. The Balaban J connectivity index is 1.92. The van der Waals surface area contributed by atoms with Crippen LogP contribution in [0.2, 0.25) is 0 Å². The van der Waals surface area contributed by atoms with Crippen LogP contribution in [0.4, 0.5) is 5.69 Å². The SMILES string of the molecule is Cc1[nH]cnc1CCNCCN(c1ccc(C(N)=O)cc1)S(C)(=O)=O. The number of aromatic amines is 1. The topological polar surface area (TPSA) is 121 Å². The number of carbonyl (C=O) groups excluding carboxylic acids is 1. The summed E-state index contributed by atoms with van der Waals surface area (Å²) in [5, 5.41) is 3.22. The van der Waals surface area contributed by atoms with Crippen molar-refractivity contribution >= 4 is 21.6 Å². The second kappa shape index (κ2) is 8.13. The second-order valence-electron chi connectivity index (χ2n) is 5.72. The maximum absolute atomic E-state index is 12.0. The first-order valence-corrected chi connectivity index (χ1v) is 9.71. The molecule has 4 N–H and O–H groups in total. The van der Waals surface area contributed by atoms with Crippen LogP contribution in [0.3, 0.4) is 0 Å². The number of hydrogen-bond donors (Lipinski definition) is 3. The predicted molar refractivity (Wildman–Crippen MR) is 97.0 cm³/mol. The van der Waals surface area contributed by atoms with Crippen molar-refractivity contribution in [2.24, 2.45) is 5.73 Å². The molecule has 9 heteroatoms. The van der Waals surface area contributed by atoms with Crippen molar-refractivity contribution < 1.29 is 13.2 Å². The average Bonchev–Trinajstić information content (AvgIpc) is 2.95. The number of hydrogen-bond acceptors (Lipinski definition) is 5. The molecule has 1 aromatic carbocycles. The summed E-state index contributed by atoms with van der Waals surface area (Å²) in [6, 6.07) is 6.19. The third-order valence-electron chi connectivity index (χ3n) is 3.80. The Morgan fingerprint density at radius 1 is 1.28 bits per heavy atom. The number of nitrogens with zero attached hydrogens (tertiary/aromatic N) is 2. The molecule has 0 fully saturated rings. The number of benzene rings is 1. The van der Waals surface area contributed by atoms with Crippen LogP contribution in [0, 0.1) is 6.92 Å². The fourth-order valence-corrected chi connectivity index (χ4v) is 3.36. The van der Waals surface area contributed by atoms with Crippen molar-refractivity contribution in [1.82, 2.24) is 15.3 Å². The summed E-state index contributed by atoms with van der Waals surface area (Å²) in [5.74, 6) is -0.548. The standard InChI is InChI=1S/C16H23N5O3S/c1-12-15(20-11-19-12)7-8-18-9-10-21(25(2,23)24)14-5-3-13(4-6-14)16(17)22/h3-6,11,18H,7-10H2,1-2H3,(H2,17,22)(H,19,20). The van der Waals surface area contributed by atoms with Crippen LogP contribution in [0.15, 0.2) is 30.6 Å². The summed E-state index contributed by atoms with van der Waals surface area (Å²) in [6.07, 6.45) is 3.58. The van der Waals surface area contributed by atoms with E-state index < -0.39 is 15.9 Å². The smallest absolute Gasteiger partial charge is 0.248 e. The van der Waals surface area contributed by atoms with Crippen LogP contribution in [-0.4, -0.2) is 50.2 Å². The van der Waals surface area contributed by atoms with Crippen molar-refractivity contribution in [3.05, 3.63) is 47.5 Å². The van der Waals surface area contributed by atoms with E-state index in [0.717, 1.165) is 24.1 Å². The van der Waals surface area contributed by atoms with Gasteiger partial charge in [-0.05, 0) is 31.2 Å². The van der Waals surface area contributed by atoms with Gasteiger partial charge in [-0.15, -0.1) is 0 Å². The lowest BCUT2D eigenvalue weighted by Crippen LogP contribution is -2.36. The van der Waals surface area contributed by atoms with E-state index in [9.17, 15) is 13.2 Å². The molecule has 2 rings (SSSR count). The number of aryl methyl sites for hydroxylation is 1. The highest BCUT2D eigenvalue weighted by molar-refractivity contribution is 7.92. The van der Waals surface area contributed by atoms with E-state index in [2.05, 4.69) is 15.3 Å². The van der Waals surface area contributed by atoms with Crippen molar-refractivity contribution in [2.45, 2.75) is 13.3 Å². The number of H-pyrrole nitrogens is 1. The molecular formula is C16H23N5O3S. The number of nitrogens with two attached hydrogens (primary N) is 1. The van der Waals surface area contributed by atoms with Crippen LogP contribution in [0.1, 0.15) is 21.7 Å². The van der Waals surface area contributed by atoms with Crippen LogP contribution >= 0.6 is 0 Å². The second-order valence-corrected chi connectivity index (χ2v) is 7.63. The minimum absolute atomic E-state index is 0.286. The number of primary amides is 1. The molecule has 0 saturated heterocycles. The summed E-state index contributed by atoms with van der Waals surface area (Å²) >= 11 is 0. The highest BCUT2D eigenvalue weighted by Gasteiger charge is 2.17. The molecule has 2 aromatic rings. The maximum Gasteiger partial charge on any atom is 0.248 e. The molecule has 0 unspecified atom stereocenters. The van der Waals surface area contributed by atoms with Gasteiger partial charge in [0.1, 0.15) is 0 Å². The molecule has 0 radical (unpaired) electrons. The van der Waals surface area contributed by atoms with Gasteiger partial charge in [-0.3, -0.25) is 9.10 Å². The number of imidazole rings is 1. The normalized spacial score (nSPS) is 11.4. The number of nitrogens with one attached hydrogen (secondary N) is 2. The van der Waals surface area contributed by atoms with Crippen molar-refractivity contribution in [2.75, 3.05) is 30.2 Å². The summed E-state index contributed by atoms with van der Waals surface area (Å²) in [7, 11) is -3.43. The van der Waals surface area contributed by atoms with Crippen LogP contribution in [0.25, 0.3) is 0 Å². The van der Waals surface area contributed by atoms with Gasteiger partial charge in [0, 0.05) is 37.3 Å². The molecule has 0 aliphatic rings. The largest absolute Gasteiger partial charge is 0.366 e. The van der Waals surface area contributed by atoms with E-state index in [1.165, 1.54) is 16.4 Å². The van der Waals surface area contributed by atoms with Gasteiger partial charge in [0.2, 0.25) is 15.9 Å². The Hall–Kier alpha value is -2.39. The average molecular weight is 365 g/mol. The van der Waals surface area contributed by atoms with E-state index in [4.69, 9.17) is 5.73 Å². The molecule has 25 heavy (non-hydrogen) atoms. The summed E-state index contributed by atoms with van der Waals surface area (Å²) in [4.78, 5) is 18.4. The number of anilines is 1. The number of aromatic nitrogens is 2. The third-order valence-corrected chi connectivity index (χ3v) is 5.00. The van der Waals surface area contributed by atoms with Gasteiger partial charge in [-0.25, -0.2) is 13.4 Å². The van der Waals surface area contributed by atoms with Gasteiger partial charge >= 0.3 is 0 Å². The highest BCUT2D eigenvalue weighted by atomic mass is 32.2. The molecule has 1 aromatic heterocycles. The molecule has 0 atom stereocenters. The van der Waals surface area contributed by atoms with E-state index in [0.29, 0.717) is 24.3 Å². The molecule has 136 valence electrons. The number of sulfonamides is 1. The molecular weight excluding hydrogens is 342 g/mol. The van der Waals surface area contributed by atoms with Gasteiger partial charge < -0.3 is 16.0 Å². The Kier molecular flexibility index (Phi) is 6.16. The molecule has 8 nitrogen and oxygen atoms in total. The van der Waals surface area contributed by atoms with Crippen molar-refractivity contribution in [3.8, 4) is 0 Å². The maximum atomic E-state index is 12.0. The zero-order valence-electron chi connectivity index (χ0n) is 14.3.